The minimum atomic E-state index is -0.833. The molecule has 0 saturated heterocycles. The van der Waals surface area contributed by atoms with Crippen molar-refractivity contribution in [3.05, 3.63) is 54.1 Å². The van der Waals surface area contributed by atoms with E-state index >= 15 is 0 Å². The largest absolute Gasteiger partial charge is 0.350 e. The molecule has 2 aromatic rings. The van der Waals surface area contributed by atoms with Crippen LogP contribution in [0.3, 0.4) is 0 Å². The lowest BCUT2D eigenvalue weighted by Crippen LogP contribution is -2.58. The van der Waals surface area contributed by atoms with Crippen molar-refractivity contribution in [3.63, 3.8) is 0 Å². The first-order chi connectivity index (χ1) is 12.4. The van der Waals surface area contributed by atoms with Gasteiger partial charge in [-0.05, 0) is 43.9 Å². The number of nitrogens with one attached hydrogen (secondary N) is 2. The van der Waals surface area contributed by atoms with Gasteiger partial charge in [0, 0.05) is 30.4 Å². The van der Waals surface area contributed by atoms with Gasteiger partial charge in [0.25, 0.3) is 0 Å². The van der Waals surface area contributed by atoms with E-state index in [9.17, 15) is 8.78 Å². The number of halogens is 2. The molecule has 0 radical (unpaired) electrons. The first-order valence-electron chi connectivity index (χ1n) is 8.76. The third kappa shape index (κ3) is 3.06. The number of anilines is 1. The minimum absolute atomic E-state index is 0.0423. The van der Waals surface area contributed by atoms with Crippen molar-refractivity contribution < 1.29 is 8.78 Å². The summed E-state index contributed by atoms with van der Waals surface area (Å²) in [6.45, 7) is 0. The second-order valence-electron chi connectivity index (χ2n) is 7.08. The molecule has 1 fully saturated rings. The summed E-state index contributed by atoms with van der Waals surface area (Å²) in [7, 11) is 0. The van der Waals surface area contributed by atoms with Crippen LogP contribution in [0.1, 0.15) is 31.5 Å². The molecule has 1 aromatic heterocycles. The third-order valence-electron chi connectivity index (χ3n) is 5.22. The van der Waals surface area contributed by atoms with Crippen LogP contribution in [0.25, 0.3) is 5.70 Å². The monoisotopic (exact) mass is 360 g/mol. The van der Waals surface area contributed by atoms with E-state index in [2.05, 4.69) is 15.7 Å². The number of aromatic nitrogens is 2. The van der Waals surface area contributed by atoms with Gasteiger partial charge in [0.1, 0.15) is 17.3 Å². The van der Waals surface area contributed by atoms with Crippen LogP contribution in [0, 0.1) is 17.6 Å². The van der Waals surface area contributed by atoms with Crippen LogP contribution >= 0.6 is 0 Å². The van der Waals surface area contributed by atoms with Crippen LogP contribution in [-0.2, 0) is 0 Å². The second kappa shape index (κ2) is 6.37. The Morgan fingerprint density at radius 3 is 2.77 bits per heavy atom. The van der Waals surface area contributed by atoms with Crippen molar-refractivity contribution in [3.8, 4) is 0 Å². The zero-order valence-electron chi connectivity index (χ0n) is 14.3. The lowest BCUT2D eigenvalue weighted by atomic mass is 9.78. The van der Waals surface area contributed by atoms with Crippen molar-refractivity contribution >= 4 is 11.4 Å². The second-order valence-corrected chi connectivity index (χ2v) is 7.08. The molecular formula is C18H22F2N6. The summed E-state index contributed by atoms with van der Waals surface area (Å²) in [5.41, 5.74) is 15.7. The van der Waals surface area contributed by atoms with E-state index in [1.807, 2.05) is 6.08 Å². The van der Waals surface area contributed by atoms with Gasteiger partial charge in [-0.15, -0.1) is 0 Å². The fraction of sp³-hybridized carbons (Fsp3) is 0.389. The minimum Gasteiger partial charge on any atom is -0.350 e. The number of imidazole rings is 1. The first-order valence-corrected chi connectivity index (χ1v) is 8.76. The van der Waals surface area contributed by atoms with Crippen LogP contribution in [0.5, 0.6) is 0 Å². The molecule has 6 N–H and O–H groups in total. The Bertz CT molecular complexity index is 840. The molecule has 1 aromatic carbocycles. The lowest BCUT2D eigenvalue weighted by Gasteiger charge is -2.42. The maximum absolute atomic E-state index is 14.1. The van der Waals surface area contributed by atoms with Crippen LogP contribution in [0.15, 0.2) is 36.7 Å². The lowest BCUT2D eigenvalue weighted by molar-refractivity contribution is 0.239. The number of hydrogen-bond donors (Lipinski definition) is 4. The van der Waals surface area contributed by atoms with E-state index in [4.69, 9.17) is 11.5 Å². The van der Waals surface area contributed by atoms with Gasteiger partial charge in [0.2, 0.25) is 0 Å². The predicted molar refractivity (Wildman–Crippen MR) is 96.4 cm³/mol. The molecule has 2 aliphatic rings. The van der Waals surface area contributed by atoms with Crippen molar-refractivity contribution in [1.29, 1.82) is 0 Å². The Balaban J connectivity index is 1.68. The Labute approximate surface area is 150 Å². The van der Waals surface area contributed by atoms with Crippen LogP contribution in [0.2, 0.25) is 0 Å². The van der Waals surface area contributed by atoms with E-state index < -0.39 is 17.3 Å². The van der Waals surface area contributed by atoms with Gasteiger partial charge >= 0.3 is 0 Å². The van der Waals surface area contributed by atoms with Gasteiger partial charge in [-0.2, -0.15) is 0 Å². The molecule has 1 atom stereocenters. The molecule has 138 valence electrons. The smallest absolute Gasteiger partial charge is 0.174 e. The summed E-state index contributed by atoms with van der Waals surface area (Å²) in [5.74, 6) is -0.337. The molecule has 1 unspecified atom stereocenters. The average Bonchev–Trinajstić information content (AvgIpc) is 3.07. The van der Waals surface area contributed by atoms with Gasteiger partial charge in [-0.1, -0.05) is 0 Å². The van der Waals surface area contributed by atoms with Crippen molar-refractivity contribution in [2.45, 2.75) is 37.4 Å². The number of nitrogens with zero attached hydrogens (tertiary/aromatic N) is 2. The van der Waals surface area contributed by atoms with Crippen molar-refractivity contribution in [2.75, 3.05) is 10.7 Å². The highest BCUT2D eigenvalue weighted by atomic mass is 19.1. The third-order valence-corrected chi connectivity index (χ3v) is 5.22. The van der Waals surface area contributed by atoms with Crippen LogP contribution < -0.4 is 22.2 Å². The normalized spacial score (nSPS) is 28.1. The maximum Gasteiger partial charge on any atom is 0.174 e. The quantitative estimate of drug-likeness (QED) is 0.674. The number of nitrogens with two attached hydrogens (primary N) is 2. The number of hydrogen-bond acceptors (Lipinski definition) is 5. The van der Waals surface area contributed by atoms with E-state index in [0.29, 0.717) is 11.5 Å². The van der Waals surface area contributed by atoms with Gasteiger partial charge in [-0.3, -0.25) is 0 Å². The molecule has 2 heterocycles. The highest BCUT2D eigenvalue weighted by Gasteiger charge is 2.39. The highest BCUT2D eigenvalue weighted by Crippen LogP contribution is 2.35. The Hall–Kier alpha value is -2.45. The number of rotatable bonds is 3. The van der Waals surface area contributed by atoms with E-state index in [1.54, 1.807) is 17.1 Å². The predicted octanol–water partition coefficient (Wildman–Crippen LogP) is 2.34. The molecule has 0 bridgehead atoms. The molecule has 1 aliphatic carbocycles. The summed E-state index contributed by atoms with van der Waals surface area (Å²) in [6, 6.07) is 3.49. The zero-order valence-corrected chi connectivity index (χ0v) is 14.3. The molecule has 4 rings (SSSR count). The molecule has 1 saturated carbocycles. The van der Waals surface area contributed by atoms with Crippen molar-refractivity contribution in [1.82, 2.24) is 9.66 Å². The summed E-state index contributed by atoms with van der Waals surface area (Å²) < 4.78 is 29.3. The zero-order chi connectivity index (χ0) is 18.3. The topological polar surface area (TPSA) is 93.9 Å². The summed E-state index contributed by atoms with van der Waals surface area (Å²) in [5, 5.41) is 2.95. The standard InChI is InChI=1S/C18H22F2N6/c19-12-3-6-14(20)15(9-12)24-16-10-18(22,11-1-4-13(21)5-2-11)25-26-8-7-23-17(16)26/h3,6-11,13,24-25H,1-2,4-5,21-22H2. The number of benzene rings is 1. The van der Waals surface area contributed by atoms with Gasteiger partial charge < -0.3 is 22.2 Å². The molecule has 0 spiro atoms. The van der Waals surface area contributed by atoms with E-state index in [-0.39, 0.29) is 17.6 Å². The summed E-state index contributed by atoms with van der Waals surface area (Å²) in [6.07, 6.45) is 8.82. The molecule has 0 amide bonds. The molecular weight excluding hydrogens is 338 g/mol. The first kappa shape index (κ1) is 17.0. The Morgan fingerprint density at radius 1 is 1.23 bits per heavy atom. The van der Waals surface area contributed by atoms with Gasteiger partial charge in [0.05, 0.1) is 11.4 Å². The number of fused-ring (bicyclic) bond motifs is 1. The molecule has 8 heteroatoms. The summed E-state index contributed by atoms with van der Waals surface area (Å²) in [4.78, 5) is 4.29. The average molecular weight is 360 g/mol. The maximum atomic E-state index is 14.1. The highest BCUT2D eigenvalue weighted by molar-refractivity contribution is 5.76. The fourth-order valence-electron chi connectivity index (χ4n) is 3.77. The van der Waals surface area contributed by atoms with Gasteiger partial charge in [-0.25, -0.2) is 18.4 Å². The van der Waals surface area contributed by atoms with Gasteiger partial charge in [0.15, 0.2) is 5.82 Å². The Morgan fingerprint density at radius 2 is 2.00 bits per heavy atom. The molecule has 26 heavy (non-hydrogen) atoms. The van der Waals surface area contributed by atoms with Crippen LogP contribution in [-0.4, -0.2) is 21.4 Å². The van der Waals surface area contributed by atoms with E-state index in [1.165, 1.54) is 0 Å². The molecule has 6 nitrogen and oxygen atoms in total. The SMILES string of the molecule is NC1CCC(C2(N)C=C(Nc3cc(F)ccc3F)c3nccn3N2)CC1. The van der Waals surface area contributed by atoms with E-state index in [0.717, 1.165) is 43.9 Å². The van der Waals surface area contributed by atoms with Crippen LogP contribution in [0.4, 0.5) is 14.5 Å². The Kier molecular flexibility index (Phi) is 4.16. The van der Waals surface area contributed by atoms with Crippen molar-refractivity contribution in [2.24, 2.45) is 17.4 Å². The fourth-order valence-corrected chi connectivity index (χ4v) is 3.77. The summed E-state index contributed by atoms with van der Waals surface area (Å²) >= 11 is 0. The molecule has 1 aliphatic heterocycles.